The lowest BCUT2D eigenvalue weighted by molar-refractivity contribution is 0.0952. The van der Waals surface area contributed by atoms with Crippen LogP contribution in [0.25, 0.3) is 10.1 Å². The monoisotopic (exact) mass is 301 g/mol. The minimum atomic E-state index is -0.194. The third-order valence-electron chi connectivity index (χ3n) is 3.19. The highest BCUT2D eigenvalue weighted by Crippen LogP contribution is 2.34. The molecule has 3 rings (SSSR count). The molecule has 0 unspecified atom stereocenters. The van der Waals surface area contributed by atoms with Crippen molar-refractivity contribution in [3.05, 3.63) is 46.2 Å². The fourth-order valence-corrected chi connectivity index (χ4v) is 3.17. The predicted octanol–water partition coefficient (Wildman–Crippen LogP) is 3.02. The highest BCUT2D eigenvalue weighted by atomic mass is 32.1. The van der Waals surface area contributed by atoms with Gasteiger partial charge in [-0.05, 0) is 26.0 Å². The van der Waals surface area contributed by atoms with Crippen molar-refractivity contribution in [1.82, 2.24) is 10.5 Å². The first-order valence-electron chi connectivity index (χ1n) is 6.53. The smallest absolute Gasteiger partial charge is 0.263 e. The number of hydrogen-bond donors (Lipinski definition) is 2. The summed E-state index contributed by atoms with van der Waals surface area (Å²) in [5, 5.41) is 7.51. The third-order valence-corrected chi connectivity index (χ3v) is 4.37. The van der Waals surface area contributed by atoms with Crippen LogP contribution in [0.15, 0.2) is 28.8 Å². The number of anilines is 1. The second-order valence-corrected chi connectivity index (χ2v) is 6.01. The molecule has 6 heteroatoms. The van der Waals surface area contributed by atoms with Crippen LogP contribution in [0.2, 0.25) is 0 Å². The molecule has 0 bridgehead atoms. The summed E-state index contributed by atoms with van der Waals surface area (Å²) in [5.74, 6) is 0.428. The van der Waals surface area contributed by atoms with Crippen molar-refractivity contribution in [2.45, 2.75) is 20.4 Å². The van der Waals surface area contributed by atoms with E-state index in [9.17, 15) is 4.79 Å². The van der Waals surface area contributed by atoms with Crippen LogP contribution in [0.3, 0.4) is 0 Å². The molecule has 0 radical (unpaired) electrons. The van der Waals surface area contributed by atoms with E-state index in [1.165, 1.54) is 11.3 Å². The number of fused-ring (bicyclic) bond motifs is 1. The normalized spacial score (nSPS) is 11.0. The van der Waals surface area contributed by atoms with Crippen molar-refractivity contribution in [2.24, 2.45) is 0 Å². The van der Waals surface area contributed by atoms with Gasteiger partial charge in [0.25, 0.3) is 5.91 Å². The molecule has 0 aliphatic rings. The first-order valence-corrected chi connectivity index (χ1v) is 7.35. The number of aromatic nitrogens is 1. The maximum atomic E-state index is 12.3. The molecule has 0 aliphatic heterocycles. The Morgan fingerprint density at radius 1 is 1.38 bits per heavy atom. The van der Waals surface area contributed by atoms with Crippen molar-refractivity contribution in [3.63, 3.8) is 0 Å². The van der Waals surface area contributed by atoms with E-state index in [-0.39, 0.29) is 5.91 Å². The van der Waals surface area contributed by atoms with Crippen molar-refractivity contribution >= 4 is 33.0 Å². The first-order chi connectivity index (χ1) is 10.0. The van der Waals surface area contributed by atoms with Crippen molar-refractivity contribution in [3.8, 4) is 0 Å². The number of nitrogens with two attached hydrogens (primary N) is 1. The number of benzene rings is 1. The molecule has 0 fully saturated rings. The van der Waals surface area contributed by atoms with Crippen LogP contribution in [-0.4, -0.2) is 11.1 Å². The number of thiophene rings is 1. The van der Waals surface area contributed by atoms with Gasteiger partial charge in [-0.3, -0.25) is 4.79 Å². The fraction of sp³-hybridized carbons (Fsp3) is 0.200. The van der Waals surface area contributed by atoms with E-state index >= 15 is 0 Å². The molecule has 3 aromatic rings. The number of carbonyl (C=O) groups is 1. The summed E-state index contributed by atoms with van der Waals surface area (Å²) in [4.78, 5) is 12.8. The number of rotatable bonds is 3. The Labute approximate surface area is 125 Å². The highest BCUT2D eigenvalue weighted by Gasteiger charge is 2.16. The fourth-order valence-electron chi connectivity index (χ4n) is 2.15. The molecule has 1 aromatic carbocycles. The maximum absolute atomic E-state index is 12.3. The van der Waals surface area contributed by atoms with Gasteiger partial charge in [0.15, 0.2) is 5.76 Å². The molecule has 5 nitrogen and oxygen atoms in total. The Kier molecular flexibility index (Phi) is 3.39. The molecule has 21 heavy (non-hydrogen) atoms. The zero-order valence-electron chi connectivity index (χ0n) is 11.8. The van der Waals surface area contributed by atoms with Gasteiger partial charge in [0.05, 0.1) is 17.9 Å². The number of carbonyl (C=O) groups excluding carboxylic acids is 1. The predicted molar refractivity (Wildman–Crippen MR) is 83.4 cm³/mol. The van der Waals surface area contributed by atoms with Gasteiger partial charge in [-0.2, -0.15) is 0 Å². The minimum absolute atomic E-state index is 0.194. The molecular formula is C15H15N3O2S. The third kappa shape index (κ3) is 2.62. The average Bonchev–Trinajstić information content (AvgIpc) is 3.01. The van der Waals surface area contributed by atoms with Crippen molar-refractivity contribution in [1.29, 1.82) is 0 Å². The van der Waals surface area contributed by atoms with Gasteiger partial charge in [0.1, 0.15) is 4.88 Å². The van der Waals surface area contributed by atoms with E-state index in [2.05, 4.69) is 10.5 Å². The molecular weight excluding hydrogens is 286 g/mol. The Morgan fingerprint density at radius 3 is 2.90 bits per heavy atom. The highest BCUT2D eigenvalue weighted by molar-refractivity contribution is 7.21. The Morgan fingerprint density at radius 2 is 2.19 bits per heavy atom. The lowest BCUT2D eigenvalue weighted by atomic mass is 10.1. The maximum Gasteiger partial charge on any atom is 0.263 e. The second-order valence-electron chi connectivity index (χ2n) is 4.96. The van der Waals surface area contributed by atoms with E-state index in [1.807, 2.05) is 32.0 Å². The second kappa shape index (κ2) is 5.21. The minimum Gasteiger partial charge on any atom is -0.397 e. The van der Waals surface area contributed by atoms with Gasteiger partial charge in [0, 0.05) is 16.2 Å². The summed E-state index contributed by atoms with van der Waals surface area (Å²) in [5.41, 5.74) is 8.54. The summed E-state index contributed by atoms with van der Waals surface area (Å²) in [7, 11) is 0. The van der Waals surface area contributed by atoms with E-state index in [0.29, 0.717) is 22.9 Å². The topological polar surface area (TPSA) is 81.2 Å². The van der Waals surface area contributed by atoms with Gasteiger partial charge in [0.2, 0.25) is 0 Å². The number of aryl methyl sites for hydroxylation is 2. The average molecular weight is 301 g/mol. The van der Waals surface area contributed by atoms with Gasteiger partial charge in [-0.1, -0.05) is 16.8 Å². The molecule has 0 aliphatic carbocycles. The molecule has 2 heterocycles. The summed E-state index contributed by atoms with van der Waals surface area (Å²) in [6.45, 7) is 4.13. The summed E-state index contributed by atoms with van der Waals surface area (Å²) in [6, 6.07) is 7.79. The van der Waals surface area contributed by atoms with Crippen LogP contribution in [0.5, 0.6) is 0 Å². The molecule has 0 atom stereocenters. The zero-order chi connectivity index (χ0) is 15.0. The Bertz CT molecular complexity index is 820. The molecule has 0 spiro atoms. The van der Waals surface area contributed by atoms with Crippen LogP contribution in [-0.2, 0) is 6.54 Å². The standard InChI is InChI=1S/C15H15N3O2S/c1-8-3-4-12-11(5-8)13(16)14(21-12)15(19)17-7-10-6-9(2)18-20-10/h3-6H,7,16H2,1-2H3,(H,17,19). The van der Waals surface area contributed by atoms with E-state index in [0.717, 1.165) is 21.3 Å². The number of hydrogen-bond acceptors (Lipinski definition) is 5. The number of nitrogen functional groups attached to an aromatic ring is 1. The van der Waals surface area contributed by atoms with E-state index < -0.39 is 0 Å². The Hall–Kier alpha value is -2.34. The lowest BCUT2D eigenvalue weighted by Crippen LogP contribution is -2.22. The van der Waals surface area contributed by atoms with Gasteiger partial charge in [-0.15, -0.1) is 11.3 Å². The SMILES string of the molecule is Cc1ccc2sc(C(=O)NCc3cc(C)no3)c(N)c2c1. The Balaban J connectivity index is 1.82. The van der Waals surface area contributed by atoms with Crippen LogP contribution >= 0.6 is 11.3 Å². The molecule has 0 saturated carbocycles. The molecule has 108 valence electrons. The molecule has 0 saturated heterocycles. The quantitative estimate of drug-likeness (QED) is 0.779. The number of nitrogens with one attached hydrogen (secondary N) is 1. The van der Waals surface area contributed by atoms with Crippen LogP contribution in [0.1, 0.15) is 26.7 Å². The summed E-state index contributed by atoms with van der Waals surface area (Å²) < 4.78 is 6.08. The molecule has 3 N–H and O–H groups in total. The first kappa shape index (κ1) is 13.6. The van der Waals surface area contributed by atoms with Gasteiger partial charge >= 0.3 is 0 Å². The lowest BCUT2D eigenvalue weighted by Gasteiger charge is -2.01. The van der Waals surface area contributed by atoms with Crippen LogP contribution in [0, 0.1) is 13.8 Å². The van der Waals surface area contributed by atoms with Crippen LogP contribution < -0.4 is 11.1 Å². The molecule has 2 aromatic heterocycles. The van der Waals surface area contributed by atoms with E-state index in [4.69, 9.17) is 10.3 Å². The van der Waals surface area contributed by atoms with Gasteiger partial charge < -0.3 is 15.6 Å². The number of amides is 1. The number of nitrogens with zero attached hydrogens (tertiary/aromatic N) is 1. The van der Waals surface area contributed by atoms with Gasteiger partial charge in [-0.25, -0.2) is 0 Å². The van der Waals surface area contributed by atoms with E-state index in [1.54, 1.807) is 6.07 Å². The zero-order valence-corrected chi connectivity index (χ0v) is 12.6. The summed E-state index contributed by atoms with van der Waals surface area (Å²) >= 11 is 1.40. The molecule has 1 amide bonds. The van der Waals surface area contributed by atoms with Crippen LogP contribution in [0.4, 0.5) is 5.69 Å². The largest absolute Gasteiger partial charge is 0.397 e. The van der Waals surface area contributed by atoms with Crippen molar-refractivity contribution < 1.29 is 9.32 Å². The van der Waals surface area contributed by atoms with Crippen molar-refractivity contribution in [2.75, 3.05) is 5.73 Å². The summed E-state index contributed by atoms with van der Waals surface area (Å²) in [6.07, 6.45) is 0.